The van der Waals surface area contributed by atoms with Gasteiger partial charge in [-0.15, -0.1) is 15.5 Å². The lowest BCUT2D eigenvalue weighted by molar-refractivity contribution is 0.146. The Kier molecular flexibility index (Phi) is 5.04. The number of alkyl halides is 1. The number of nitrogens with zero attached hydrogens (tertiary/aromatic N) is 1. The zero-order valence-electron chi connectivity index (χ0n) is 4.31. The number of rotatable bonds is 2. The third-order valence-corrected chi connectivity index (χ3v) is 0.871. The van der Waals surface area contributed by atoms with E-state index in [1.54, 1.807) is 0 Å². The highest BCUT2D eigenvalue weighted by atomic mass is 35.5. The second kappa shape index (κ2) is 4.97. The van der Waals surface area contributed by atoms with Crippen LogP contribution >= 0.6 is 35.2 Å². The molecule has 6 heteroatoms. The Balaban J connectivity index is 3.28. The number of carbonyl (C=O) groups is 1. The van der Waals surface area contributed by atoms with Crippen molar-refractivity contribution in [3.63, 3.8) is 0 Å². The minimum Gasteiger partial charge on any atom is -0.446 e. The van der Waals surface area contributed by atoms with Crippen molar-refractivity contribution >= 4 is 41.2 Å². The summed E-state index contributed by atoms with van der Waals surface area (Å²) in [6, 6.07) is 0. The lowest BCUT2D eigenvalue weighted by atomic mass is 10.9. The molecule has 0 aliphatic carbocycles. The van der Waals surface area contributed by atoms with Crippen LogP contribution in [-0.2, 0) is 4.74 Å². The van der Waals surface area contributed by atoms with E-state index in [1.807, 2.05) is 0 Å². The molecular weight excluding hydrogens is 188 g/mol. The summed E-state index contributed by atoms with van der Waals surface area (Å²) in [5, 5.41) is 0. The predicted octanol–water partition coefficient (Wildman–Crippen LogP) is 1.97. The van der Waals surface area contributed by atoms with E-state index in [2.05, 4.69) is 4.74 Å². The normalized spacial score (nSPS) is 8.78. The van der Waals surface area contributed by atoms with Crippen molar-refractivity contribution in [2.45, 2.75) is 0 Å². The number of amides is 1. The molecule has 0 aliphatic rings. The largest absolute Gasteiger partial charge is 0.446 e. The Labute approximate surface area is 67.6 Å². The lowest BCUT2D eigenvalue weighted by Gasteiger charge is -2.02. The summed E-state index contributed by atoms with van der Waals surface area (Å²) >= 11 is 15.1. The predicted molar refractivity (Wildman–Crippen MR) is 35.6 cm³/mol. The van der Waals surface area contributed by atoms with E-state index in [4.69, 9.17) is 35.2 Å². The summed E-state index contributed by atoms with van der Waals surface area (Å²) in [4.78, 5) is 10.3. The second-order valence-electron chi connectivity index (χ2n) is 1.04. The molecule has 0 rings (SSSR count). The fourth-order valence-corrected chi connectivity index (χ4v) is 0.349. The molecule has 0 spiro atoms. The fraction of sp³-hybridized carbons (Fsp3) is 0.667. The minimum atomic E-state index is -0.820. The number of hydrogen-bond donors (Lipinski definition) is 0. The Hall–Kier alpha value is 0.140. The van der Waals surface area contributed by atoms with Crippen molar-refractivity contribution in [2.24, 2.45) is 0 Å². The average Bonchev–Trinajstić information content (AvgIpc) is 1.82. The maximum absolute atomic E-state index is 10.3. The van der Waals surface area contributed by atoms with E-state index < -0.39 is 6.09 Å². The number of hydrogen-bond acceptors (Lipinski definition) is 2. The van der Waals surface area contributed by atoms with Crippen LogP contribution in [0.5, 0.6) is 0 Å². The van der Waals surface area contributed by atoms with Crippen molar-refractivity contribution in [1.82, 2.24) is 3.94 Å². The molecule has 0 aromatic carbocycles. The zero-order valence-corrected chi connectivity index (χ0v) is 6.58. The molecule has 0 unspecified atom stereocenters. The summed E-state index contributed by atoms with van der Waals surface area (Å²) in [6.07, 6.45) is -0.820. The van der Waals surface area contributed by atoms with Gasteiger partial charge in [0.2, 0.25) is 0 Å². The summed E-state index contributed by atoms with van der Waals surface area (Å²) in [7, 11) is 0. The van der Waals surface area contributed by atoms with E-state index in [0.717, 1.165) is 0 Å². The first-order valence-electron chi connectivity index (χ1n) is 2.03. The van der Waals surface area contributed by atoms with Crippen molar-refractivity contribution in [3.8, 4) is 0 Å². The lowest BCUT2D eigenvalue weighted by Crippen LogP contribution is -2.14. The van der Waals surface area contributed by atoms with Crippen molar-refractivity contribution in [2.75, 3.05) is 12.5 Å². The van der Waals surface area contributed by atoms with Gasteiger partial charge in [0.1, 0.15) is 6.61 Å². The van der Waals surface area contributed by atoms with Gasteiger partial charge < -0.3 is 4.74 Å². The molecule has 0 radical (unpaired) electrons. The number of halogens is 3. The van der Waals surface area contributed by atoms with Crippen LogP contribution in [0.25, 0.3) is 0 Å². The van der Waals surface area contributed by atoms with Crippen molar-refractivity contribution < 1.29 is 9.53 Å². The first kappa shape index (κ1) is 9.14. The van der Waals surface area contributed by atoms with Crippen molar-refractivity contribution in [3.05, 3.63) is 0 Å². The van der Waals surface area contributed by atoms with Crippen LogP contribution in [0.4, 0.5) is 4.79 Å². The molecule has 54 valence electrons. The molecule has 0 heterocycles. The molecule has 0 aromatic rings. The minimum absolute atomic E-state index is 0.107. The standard InChI is InChI=1S/C3H4Cl3NO2/c4-1-2-9-3(8)7(5)6/h1-2H2. The summed E-state index contributed by atoms with van der Waals surface area (Å²) in [6.45, 7) is 0.107. The highest BCUT2D eigenvalue weighted by Crippen LogP contribution is 2.01. The molecule has 1 amide bonds. The van der Waals surface area contributed by atoms with Crippen LogP contribution in [0.15, 0.2) is 0 Å². The molecule has 9 heavy (non-hydrogen) atoms. The average molecular weight is 192 g/mol. The summed E-state index contributed by atoms with van der Waals surface area (Å²) < 4.78 is 4.64. The second-order valence-corrected chi connectivity index (χ2v) is 2.26. The molecule has 0 saturated carbocycles. The van der Waals surface area contributed by atoms with Crippen LogP contribution in [0.2, 0.25) is 0 Å². The van der Waals surface area contributed by atoms with E-state index in [9.17, 15) is 4.79 Å². The Morgan fingerprint density at radius 3 is 2.44 bits per heavy atom. The summed E-state index contributed by atoms with van der Waals surface area (Å²) in [5.41, 5.74) is 0. The van der Waals surface area contributed by atoms with E-state index in [0.29, 0.717) is 3.94 Å². The van der Waals surface area contributed by atoms with E-state index >= 15 is 0 Å². The van der Waals surface area contributed by atoms with Gasteiger partial charge in [-0.25, -0.2) is 4.79 Å². The maximum Gasteiger partial charge on any atom is 0.440 e. The van der Waals surface area contributed by atoms with Crippen LogP contribution < -0.4 is 0 Å². The topological polar surface area (TPSA) is 29.5 Å². The monoisotopic (exact) mass is 191 g/mol. The van der Waals surface area contributed by atoms with Gasteiger partial charge in [-0.05, 0) is 0 Å². The van der Waals surface area contributed by atoms with Gasteiger partial charge in [-0.1, -0.05) is 0 Å². The smallest absolute Gasteiger partial charge is 0.440 e. The summed E-state index contributed by atoms with van der Waals surface area (Å²) in [5.74, 6) is 0.230. The highest BCUT2D eigenvalue weighted by molar-refractivity contribution is 6.40. The molecular formula is C3H4Cl3NO2. The van der Waals surface area contributed by atoms with Gasteiger partial charge in [0.15, 0.2) is 0 Å². The van der Waals surface area contributed by atoms with E-state index in [1.165, 1.54) is 0 Å². The molecule has 0 bridgehead atoms. The molecule has 0 aliphatic heterocycles. The first-order valence-corrected chi connectivity index (χ1v) is 3.24. The fourth-order valence-electron chi connectivity index (χ4n) is 0.175. The van der Waals surface area contributed by atoms with Crippen LogP contribution in [0.1, 0.15) is 0 Å². The van der Waals surface area contributed by atoms with Gasteiger partial charge in [0.25, 0.3) is 0 Å². The molecule has 0 atom stereocenters. The van der Waals surface area contributed by atoms with Gasteiger partial charge in [0.05, 0.1) is 5.88 Å². The van der Waals surface area contributed by atoms with Gasteiger partial charge in [-0.2, -0.15) is 0 Å². The molecule has 0 aromatic heterocycles. The Morgan fingerprint density at radius 2 is 2.11 bits per heavy atom. The third kappa shape index (κ3) is 4.63. The zero-order chi connectivity index (χ0) is 7.28. The maximum atomic E-state index is 10.3. The van der Waals surface area contributed by atoms with Gasteiger partial charge in [-0.3, -0.25) is 0 Å². The molecule has 0 N–H and O–H groups in total. The van der Waals surface area contributed by atoms with E-state index in [-0.39, 0.29) is 12.5 Å². The number of carbonyl (C=O) groups excluding carboxylic acids is 1. The van der Waals surface area contributed by atoms with Crippen LogP contribution in [0, 0.1) is 0 Å². The highest BCUT2D eigenvalue weighted by Gasteiger charge is 2.07. The molecule has 0 saturated heterocycles. The third-order valence-electron chi connectivity index (χ3n) is 0.441. The van der Waals surface area contributed by atoms with Crippen LogP contribution in [-0.4, -0.2) is 22.5 Å². The quantitative estimate of drug-likeness (QED) is 0.494. The van der Waals surface area contributed by atoms with Gasteiger partial charge >= 0.3 is 6.09 Å². The van der Waals surface area contributed by atoms with Crippen LogP contribution in [0.3, 0.4) is 0 Å². The SMILES string of the molecule is O=C(OCCCl)N(Cl)Cl. The van der Waals surface area contributed by atoms with Gasteiger partial charge in [0, 0.05) is 23.6 Å². The Bertz CT molecular complexity index is 97.1. The molecule has 0 fully saturated rings. The van der Waals surface area contributed by atoms with Crippen molar-refractivity contribution in [1.29, 1.82) is 0 Å². The first-order chi connectivity index (χ1) is 4.18. The number of ether oxygens (including phenoxy) is 1. The molecule has 3 nitrogen and oxygen atoms in total. The Morgan fingerprint density at radius 1 is 1.56 bits per heavy atom.